The number of carbonyl (C=O) groups is 1. The summed E-state index contributed by atoms with van der Waals surface area (Å²) < 4.78 is 6.48. The van der Waals surface area contributed by atoms with Gasteiger partial charge in [-0.2, -0.15) is 0 Å². The minimum Gasteiger partial charge on any atom is -0.375 e. The molecule has 0 spiro atoms. The van der Waals surface area contributed by atoms with E-state index in [9.17, 15) is 4.79 Å². The molecule has 2 heterocycles. The van der Waals surface area contributed by atoms with Crippen LogP contribution < -0.4 is 4.90 Å². The van der Waals surface area contributed by atoms with E-state index >= 15 is 0 Å². The van der Waals surface area contributed by atoms with Crippen LogP contribution in [0.5, 0.6) is 0 Å². The predicted octanol–water partition coefficient (Wildman–Crippen LogP) is 4.28. The zero-order valence-corrected chi connectivity index (χ0v) is 17.0. The molecule has 1 aromatic rings. The van der Waals surface area contributed by atoms with Gasteiger partial charge in [0.2, 0.25) is 0 Å². The molecular formula is C24H34N2O2. The Morgan fingerprint density at radius 3 is 1.93 bits per heavy atom. The highest BCUT2D eigenvalue weighted by Gasteiger charge is 2.32. The number of piperidine rings is 2. The van der Waals surface area contributed by atoms with Gasteiger partial charge in [-0.1, -0.05) is 6.42 Å². The standard InChI is InChI=1S/C24H34N2O2/c27-24(18-4-5-18)19-6-8-21(9-7-19)26-16-12-23(13-17-26)28-22-10-14-25(15-11-22)20-2-1-3-20/h6-9,18,20,22-23H,1-5,10-17H2. The fourth-order valence-corrected chi connectivity index (χ4v) is 5.07. The van der Waals surface area contributed by atoms with Gasteiger partial charge in [-0.25, -0.2) is 0 Å². The number of carbonyl (C=O) groups excluding carboxylic acids is 1. The SMILES string of the molecule is O=C(c1ccc(N2CCC(OC3CCN(C4CCC4)CC3)CC2)cc1)C1CC1. The highest BCUT2D eigenvalue weighted by molar-refractivity contribution is 5.99. The first-order valence-electron chi connectivity index (χ1n) is 11.5. The maximum absolute atomic E-state index is 12.2. The topological polar surface area (TPSA) is 32.8 Å². The molecule has 4 aliphatic rings. The van der Waals surface area contributed by atoms with Crippen LogP contribution in [0.3, 0.4) is 0 Å². The van der Waals surface area contributed by atoms with Crippen LogP contribution in [0.2, 0.25) is 0 Å². The number of ketones is 1. The molecule has 0 N–H and O–H groups in total. The van der Waals surface area contributed by atoms with Crippen LogP contribution in [0.1, 0.15) is 68.1 Å². The Morgan fingerprint density at radius 1 is 0.786 bits per heavy atom. The van der Waals surface area contributed by atoms with Gasteiger partial charge in [0.05, 0.1) is 12.2 Å². The Bertz CT molecular complexity index is 664. The van der Waals surface area contributed by atoms with Crippen LogP contribution in [-0.2, 0) is 4.74 Å². The molecule has 0 radical (unpaired) electrons. The van der Waals surface area contributed by atoms with Crippen molar-refractivity contribution in [3.63, 3.8) is 0 Å². The summed E-state index contributed by atoms with van der Waals surface area (Å²) in [7, 11) is 0. The van der Waals surface area contributed by atoms with Crippen LogP contribution in [0.4, 0.5) is 5.69 Å². The number of rotatable bonds is 6. The second kappa shape index (κ2) is 8.16. The largest absolute Gasteiger partial charge is 0.375 e. The zero-order chi connectivity index (χ0) is 18.9. The summed E-state index contributed by atoms with van der Waals surface area (Å²) in [5.74, 6) is 0.640. The molecular weight excluding hydrogens is 348 g/mol. The Morgan fingerprint density at radius 2 is 1.39 bits per heavy atom. The summed E-state index contributed by atoms with van der Waals surface area (Å²) in [5, 5.41) is 0. The molecule has 0 atom stereocenters. The van der Waals surface area contributed by atoms with Gasteiger partial charge >= 0.3 is 0 Å². The molecule has 1 aromatic carbocycles. The van der Waals surface area contributed by atoms with Crippen molar-refractivity contribution in [2.45, 2.75) is 76.0 Å². The van der Waals surface area contributed by atoms with Crippen LogP contribution in [0, 0.1) is 5.92 Å². The number of benzene rings is 1. The second-order valence-electron chi connectivity index (χ2n) is 9.33. The van der Waals surface area contributed by atoms with E-state index in [2.05, 4.69) is 21.9 Å². The number of nitrogens with zero attached hydrogens (tertiary/aromatic N) is 2. The Hall–Kier alpha value is -1.39. The molecule has 2 aliphatic carbocycles. The normalized spacial score (nSPS) is 25.6. The van der Waals surface area contributed by atoms with E-state index < -0.39 is 0 Å². The van der Waals surface area contributed by atoms with Crippen molar-refractivity contribution in [2.24, 2.45) is 5.92 Å². The highest BCUT2D eigenvalue weighted by atomic mass is 16.5. The first-order valence-corrected chi connectivity index (χ1v) is 11.5. The molecule has 0 unspecified atom stereocenters. The van der Waals surface area contributed by atoms with Gasteiger partial charge in [0.25, 0.3) is 0 Å². The second-order valence-corrected chi connectivity index (χ2v) is 9.33. The van der Waals surface area contributed by atoms with Crippen molar-refractivity contribution in [1.82, 2.24) is 4.90 Å². The lowest BCUT2D eigenvalue weighted by Crippen LogP contribution is -2.47. The highest BCUT2D eigenvalue weighted by Crippen LogP contribution is 2.33. The minimum absolute atomic E-state index is 0.305. The number of hydrogen-bond acceptors (Lipinski definition) is 4. The number of ether oxygens (including phenoxy) is 1. The fourth-order valence-electron chi connectivity index (χ4n) is 5.07. The monoisotopic (exact) mass is 382 g/mol. The van der Waals surface area contributed by atoms with Gasteiger partial charge in [0, 0.05) is 49.4 Å². The van der Waals surface area contributed by atoms with Crippen LogP contribution in [-0.4, -0.2) is 55.1 Å². The van der Waals surface area contributed by atoms with Gasteiger partial charge in [0.15, 0.2) is 5.78 Å². The van der Waals surface area contributed by atoms with Crippen molar-refractivity contribution in [3.8, 4) is 0 Å². The molecule has 0 bridgehead atoms. The quantitative estimate of drug-likeness (QED) is 0.688. The molecule has 152 valence electrons. The molecule has 4 fully saturated rings. The first-order chi connectivity index (χ1) is 13.8. The Kier molecular flexibility index (Phi) is 5.43. The van der Waals surface area contributed by atoms with Crippen LogP contribution in [0.25, 0.3) is 0 Å². The molecule has 28 heavy (non-hydrogen) atoms. The smallest absolute Gasteiger partial charge is 0.165 e. The van der Waals surface area contributed by atoms with Crippen molar-refractivity contribution in [2.75, 3.05) is 31.1 Å². The van der Waals surface area contributed by atoms with Crippen LogP contribution >= 0.6 is 0 Å². The van der Waals surface area contributed by atoms with Crippen molar-refractivity contribution in [3.05, 3.63) is 29.8 Å². The van der Waals surface area contributed by atoms with Crippen molar-refractivity contribution in [1.29, 1.82) is 0 Å². The third-order valence-corrected chi connectivity index (χ3v) is 7.36. The third kappa shape index (κ3) is 4.13. The van der Waals surface area contributed by atoms with E-state index in [1.54, 1.807) is 0 Å². The molecule has 2 aliphatic heterocycles. The molecule has 2 saturated carbocycles. The molecule has 0 amide bonds. The summed E-state index contributed by atoms with van der Waals surface area (Å²) in [6.07, 6.45) is 12.0. The molecule has 0 aromatic heterocycles. The average molecular weight is 383 g/mol. The number of anilines is 1. The molecule has 2 saturated heterocycles. The summed E-state index contributed by atoms with van der Waals surface area (Å²) in [6.45, 7) is 4.59. The fraction of sp³-hybridized carbons (Fsp3) is 0.708. The Labute approximate surface area is 169 Å². The lowest BCUT2D eigenvalue weighted by Gasteiger charge is -2.43. The summed E-state index contributed by atoms with van der Waals surface area (Å²) in [4.78, 5) is 17.3. The molecule has 4 nitrogen and oxygen atoms in total. The zero-order valence-electron chi connectivity index (χ0n) is 17.0. The number of hydrogen-bond donors (Lipinski definition) is 0. The lowest BCUT2D eigenvalue weighted by atomic mass is 9.89. The van der Waals surface area contributed by atoms with E-state index in [1.807, 2.05) is 12.1 Å². The molecule has 5 rings (SSSR count). The molecule has 4 heteroatoms. The van der Waals surface area contributed by atoms with Gasteiger partial charge in [-0.15, -0.1) is 0 Å². The average Bonchev–Trinajstić information content (AvgIpc) is 3.54. The summed E-state index contributed by atoms with van der Waals surface area (Å²) in [6, 6.07) is 9.19. The van der Waals surface area contributed by atoms with E-state index in [0.29, 0.717) is 23.9 Å². The van der Waals surface area contributed by atoms with E-state index in [-0.39, 0.29) is 0 Å². The van der Waals surface area contributed by atoms with Crippen molar-refractivity contribution < 1.29 is 9.53 Å². The lowest BCUT2D eigenvalue weighted by molar-refractivity contribution is -0.0598. The van der Waals surface area contributed by atoms with Gasteiger partial charge in [-0.05, 0) is 75.6 Å². The maximum Gasteiger partial charge on any atom is 0.165 e. The predicted molar refractivity (Wildman–Crippen MR) is 112 cm³/mol. The minimum atomic E-state index is 0.305. The van der Waals surface area contributed by atoms with E-state index in [4.69, 9.17) is 4.74 Å². The van der Waals surface area contributed by atoms with E-state index in [1.165, 1.54) is 50.9 Å². The number of Topliss-reactive ketones (excluding diaryl/α,β-unsaturated/α-hetero) is 1. The van der Waals surface area contributed by atoms with Gasteiger partial charge in [-0.3, -0.25) is 4.79 Å². The summed E-state index contributed by atoms with van der Waals surface area (Å²) in [5.41, 5.74) is 2.14. The van der Waals surface area contributed by atoms with Gasteiger partial charge in [0.1, 0.15) is 0 Å². The van der Waals surface area contributed by atoms with E-state index in [0.717, 1.165) is 50.4 Å². The number of likely N-dealkylation sites (tertiary alicyclic amines) is 1. The third-order valence-electron chi connectivity index (χ3n) is 7.36. The van der Waals surface area contributed by atoms with Crippen molar-refractivity contribution >= 4 is 11.5 Å². The first kappa shape index (κ1) is 18.6. The maximum atomic E-state index is 12.2. The summed E-state index contributed by atoms with van der Waals surface area (Å²) >= 11 is 0. The van der Waals surface area contributed by atoms with Gasteiger partial charge < -0.3 is 14.5 Å². The Balaban J connectivity index is 1.06. The van der Waals surface area contributed by atoms with Crippen LogP contribution in [0.15, 0.2) is 24.3 Å².